The van der Waals surface area contributed by atoms with Gasteiger partial charge in [0.1, 0.15) is 24.1 Å². The fraction of sp³-hybridized carbons (Fsp3) is 0.176. The summed E-state index contributed by atoms with van der Waals surface area (Å²) in [7, 11) is 0. The van der Waals surface area contributed by atoms with Crippen molar-refractivity contribution in [1.29, 1.82) is 0 Å². The van der Waals surface area contributed by atoms with Crippen LogP contribution in [0.3, 0.4) is 0 Å². The Hall–Kier alpha value is -2.37. The molecule has 0 amide bonds. The zero-order chi connectivity index (χ0) is 16.8. The van der Waals surface area contributed by atoms with Gasteiger partial charge in [-0.3, -0.25) is 9.79 Å². The van der Waals surface area contributed by atoms with E-state index in [1.807, 2.05) is 0 Å². The number of hydrogen-bond donors (Lipinski definition) is 3. The average molecular weight is 334 g/mol. The first kappa shape index (κ1) is 17.0. The summed E-state index contributed by atoms with van der Waals surface area (Å²) in [5.74, 6) is -0.278. The van der Waals surface area contributed by atoms with Crippen LogP contribution in [0.4, 0.5) is 0 Å². The predicted octanol–water partition coefficient (Wildman–Crippen LogP) is 2.34. The second-order valence-corrected chi connectivity index (χ2v) is 5.47. The monoisotopic (exact) mass is 333 g/mol. The molecule has 2 aromatic rings. The molecule has 1 unspecified atom stereocenters. The quantitative estimate of drug-likeness (QED) is 0.708. The number of aliphatic imine (C=N–C) groups is 1. The van der Waals surface area contributed by atoms with Crippen molar-refractivity contribution in [3.8, 4) is 11.5 Å². The number of carbonyl (C=O) groups excluding carboxylic acids is 1. The molecular weight excluding hydrogens is 318 g/mol. The Morgan fingerprint density at radius 1 is 1.13 bits per heavy atom. The van der Waals surface area contributed by atoms with Crippen molar-refractivity contribution >= 4 is 23.6 Å². The maximum absolute atomic E-state index is 11.8. The third-order valence-electron chi connectivity index (χ3n) is 3.20. The molecular formula is C17H16ClNO4. The van der Waals surface area contributed by atoms with Gasteiger partial charge in [0.2, 0.25) is 0 Å². The highest BCUT2D eigenvalue weighted by Crippen LogP contribution is 2.19. The third-order valence-corrected chi connectivity index (χ3v) is 3.42. The van der Waals surface area contributed by atoms with E-state index >= 15 is 0 Å². The number of nitrogens with zero attached hydrogens (tertiary/aromatic N) is 1. The van der Waals surface area contributed by atoms with Crippen LogP contribution in [-0.4, -0.2) is 40.0 Å². The molecule has 0 saturated heterocycles. The molecule has 2 aromatic carbocycles. The summed E-state index contributed by atoms with van der Waals surface area (Å²) >= 11 is 5.85. The minimum absolute atomic E-state index is 0.00233. The maximum Gasteiger partial charge on any atom is 0.182 e. The van der Waals surface area contributed by atoms with Gasteiger partial charge in [-0.1, -0.05) is 23.7 Å². The van der Waals surface area contributed by atoms with Crippen LogP contribution in [0.1, 0.15) is 11.1 Å². The predicted molar refractivity (Wildman–Crippen MR) is 88.4 cm³/mol. The summed E-state index contributed by atoms with van der Waals surface area (Å²) in [5.41, 5.74) is 1.36. The van der Waals surface area contributed by atoms with Crippen molar-refractivity contribution in [2.24, 2.45) is 4.99 Å². The summed E-state index contributed by atoms with van der Waals surface area (Å²) in [6.45, 7) is -0.610. The van der Waals surface area contributed by atoms with Crippen molar-refractivity contribution in [3.63, 3.8) is 0 Å². The highest BCUT2D eigenvalue weighted by molar-refractivity contribution is 6.31. The molecule has 0 bridgehead atoms. The number of Topliss-reactive ketones (excluding diaryl/α,β-unsaturated/α-hetero) is 1. The highest BCUT2D eigenvalue weighted by Gasteiger charge is 2.16. The Kier molecular flexibility index (Phi) is 5.73. The van der Waals surface area contributed by atoms with E-state index in [1.54, 1.807) is 18.2 Å². The van der Waals surface area contributed by atoms with Gasteiger partial charge in [-0.05, 0) is 41.5 Å². The molecule has 6 heteroatoms. The highest BCUT2D eigenvalue weighted by atomic mass is 35.5. The molecule has 3 N–H and O–H groups in total. The number of rotatable bonds is 6. The first-order valence-electron chi connectivity index (χ1n) is 6.92. The van der Waals surface area contributed by atoms with Crippen molar-refractivity contribution in [2.75, 3.05) is 6.61 Å². The number of aliphatic hydroxyl groups excluding tert-OH is 1. The normalized spacial score (nSPS) is 12.4. The molecule has 2 rings (SSSR count). The van der Waals surface area contributed by atoms with Gasteiger partial charge in [0.05, 0.1) is 0 Å². The fourth-order valence-corrected chi connectivity index (χ4v) is 2.29. The fourth-order valence-electron chi connectivity index (χ4n) is 2.06. The summed E-state index contributed by atoms with van der Waals surface area (Å²) in [5, 5.41) is 28.2. The van der Waals surface area contributed by atoms with Gasteiger partial charge in [0, 0.05) is 17.7 Å². The molecule has 0 aliphatic carbocycles. The lowest BCUT2D eigenvalue weighted by Gasteiger charge is -2.10. The minimum Gasteiger partial charge on any atom is -0.508 e. The minimum atomic E-state index is -0.759. The van der Waals surface area contributed by atoms with Crippen LogP contribution < -0.4 is 0 Å². The lowest BCUT2D eigenvalue weighted by Crippen LogP contribution is -2.24. The number of ketones is 1. The van der Waals surface area contributed by atoms with Gasteiger partial charge in [0.25, 0.3) is 0 Å². The van der Waals surface area contributed by atoms with E-state index in [-0.39, 0.29) is 11.5 Å². The number of halogens is 1. The van der Waals surface area contributed by atoms with Gasteiger partial charge in [-0.2, -0.15) is 0 Å². The van der Waals surface area contributed by atoms with Crippen LogP contribution in [0, 0.1) is 0 Å². The maximum atomic E-state index is 11.8. The second kappa shape index (κ2) is 7.76. The number of aromatic hydroxyl groups is 2. The molecule has 120 valence electrons. The summed E-state index contributed by atoms with van der Waals surface area (Å²) < 4.78 is 0. The molecule has 5 nitrogen and oxygen atoms in total. The first-order chi connectivity index (χ1) is 11.0. The summed E-state index contributed by atoms with van der Waals surface area (Å²) in [6.07, 6.45) is 1.73. The van der Waals surface area contributed by atoms with E-state index < -0.39 is 18.4 Å². The van der Waals surface area contributed by atoms with E-state index in [1.165, 1.54) is 30.5 Å². The van der Waals surface area contributed by atoms with Crippen LogP contribution in [0.2, 0.25) is 5.02 Å². The van der Waals surface area contributed by atoms with Gasteiger partial charge in [-0.25, -0.2) is 0 Å². The van der Waals surface area contributed by atoms with Crippen molar-refractivity contribution in [1.82, 2.24) is 0 Å². The molecule has 0 aromatic heterocycles. The smallest absolute Gasteiger partial charge is 0.182 e. The number of phenolic OH excluding ortho intramolecular Hbond substituents is 2. The lowest BCUT2D eigenvalue weighted by atomic mass is 10.0. The number of aliphatic hydroxyl groups is 1. The van der Waals surface area contributed by atoms with E-state index in [9.17, 15) is 15.0 Å². The van der Waals surface area contributed by atoms with Crippen molar-refractivity contribution in [3.05, 3.63) is 58.6 Å². The van der Waals surface area contributed by atoms with E-state index in [2.05, 4.69) is 4.99 Å². The molecule has 0 fully saturated rings. The second-order valence-electron chi connectivity index (χ2n) is 5.03. The van der Waals surface area contributed by atoms with Gasteiger partial charge >= 0.3 is 0 Å². The van der Waals surface area contributed by atoms with Gasteiger partial charge < -0.3 is 15.3 Å². The molecule has 23 heavy (non-hydrogen) atoms. The van der Waals surface area contributed by atoms with E-state index in [4.69, 9.17) is 16.7 Å². The molecule has 0 radical (unpaired) electrons. The Morgan fingerprint density at radius 3 is 2.43 bits per heavy atom. The molecule has 0 heterocycles. The topological polar surface area (TPSA) is 90.1 Å². The van der Waals surface area contributed by atoms with E-state index in [0.717, 1.165) is 5.56 Å². The van der Waals surface area contributed by atoms with Crippen LogP contribution in [0.15, 0.2) is 47.5 Å². The van der Waals surface area contributed by atoms with Crippen molar-refractivity contribution < 1.29 is 20.1 Å². The number of benzene rings is 2. The largest absolute Gasteiger partial charge is 0.508 e. The van der Waals surface area contributed by atoms with Crippen LogP contribution in [0.25, 0.3) is 0 Å². The Morgan fingerprint density at radius 2 is 1.83 bits per heavy atom. The average Bonchev–Trinajstić information content (AvgIpc) is 2.51. The number of carbonyl (C=O) groups is 1. The number of hydrogen-bond acceptors (Lipinski definition) is 5. The Bertz CT molecular complexity index is 693. The van der Waals surface area contributed by atoms with Gasteiger partial charge in [-0.15, -0.1) is 0 Å². The first-order valence-corrected chi connectivity index (χ1v) is 7.30. The van der Waals surface area contributed by atoms with Crippen LogP contribution in [-0.2, 0) is 11.2 Å². The lowest BCUT2D eigenvalue weighted by molar-refractivity contribution is -0.122. The zero-order valence-corrected chi connectivity index (χ0v) is 12.9. The molecule has 0 spiro atoms. The Labute approximate surface area is 138 Å². The SMILES string of the molecule is O=C(CO)C(Cc1ccc(O)cc1)N=Cc1cc(O)cc(Cl)c1. The molecule has 0 saturated carbocycles. The third kappa shape index (κ3) is 5.09. The van der Waals surface area contributed by atoms with Crippen LogP contribution >= 0.6 is 11.6 Å². The van der Waals surface area contributed by atoms with Crippen molar-refractivity contribution in [2.45, 2.75) is 12.5 Å². The molecule has 0 aliphatic rings. The zero-order valence-electron chi connectivity index (χ0n) is 12.2. The standard InChI is InChI=1S/C17H16ClNO4/c18-13-5-12(6-15(22)8-13)9-19-16(17(23)10-20)7-11-1-3-14(21)4-2-11/h1-6,8-9,16,20-22H,7,10H2. The molecule has 1 atom stereocenters. The Balaban J connectivity index is 2.19. The summed E-state index contributed by atoms with van der Waals surface area (Å²) in [4.78, 5) is 16.0. The van der Waals surface area contributed by atoms with E-state index in [0.29, 0.717) is 17.0 Å². The number of phenols is 2. The van der Waals surface area contributed by atoms with Crippen LogP contribution in [0.5, 0.6) is 11.5 Å². The summed E-state index contributed by atoms with van der Waals surface area (Å²) in [6, 6.07) is 10.1. The molecule has 0 aliphatic heterocycles. The van der Waals surface area contributed by atoms with Gasteiger partial charge in [0.15, 0.2) is 5.78 Å².